The molecule has 0 radical (unpaired) electrons. The molecule has 21 heavy (non-hydrogen) atoms. The number of nitrogens with one attached hydrogen (secondary N) is 2. The Morgan fingerprint density at radius 3 is 2.38 bits per heavy atom. The molecule has 1 rings (SSSR count). The summed E-state index contributed by atoms with van der Waals surface area (Å²) in [6, 6.07) is 1.88. The van der Waals surface area contributed by atoms with E-state index in [1.54, 1.807) is 7.11 Å². The molecule has 0 heterocycles. The summed E-state index contributed by atoms with van der Waals surface area (Å²) >= 11 is 0. The molecule has 0 aromatic heterocycles. The lowest BCUT2D eigenvalue weighted by atomic mass is 9.89. The number of ether oxygens (including phenoxy) is 1. The standard InChI is InChI=1S/C14H21F2N3O2/c1-14(2,4-5-21-3)8-18-13(20)9-6-10(15)12(19-17)11(16)7-9/h6-7,19H,4-5,8,17H2,1-3H3,(H,18,20). The van der Waals surface area contributed by atoms with Crippen molar-refractivity contribution in [3.8, 4) is 0 Å². The molecule has 5 nitrogen and oxygen atoms in total. The second kappa shape index (κ2) is 7.33. The Bertz CT molecular complexity index is 484. The number of hydrogen-bond acceptors (Lipinski definition) is 4. The van der Waals surface area contributed by atoms with Gasteiger partial charge in [-0.05, 0) is 24.0 Å². The molecule has 0 spiro atoms. The van der Waals surface area contributed by atoms with Gasteiger partial charge in [0.15, 0.2) is 11.6 Å². The van der Waals surface area contributed by atoms with E-state index in [-0.39, 0.29) is 11.0 Å². The van der Waals surface area contributed by atoms with Crippen LogP contribution in [-0.4, -0.2) is 26.2 Å². The van der Waals surface area contributed by atoms with E-state index in [2.05, 4.69) is 5.32 Å². The fourth-order valence-electron chi connectivity index (χ4n) is 1.73. The summed E-state index contributed by atoms with van der Waals surface area (Å²) in [5, 5.41) is 2.66. The number of rotatable bonds is 7. The summed E-state index contributed by atoms with van der Waals surface area (Å²) in [5.74, 6) is 2.63. The van der Waals surface area contributed by atoms with E-state index in [1.165, 1.54) is 0 Å². The van der Waals surface area contributed by atoms with Crippen molar-refractivity contribution in [1.82, 2.24) is 5.32 Å². The Hall–Kier alpha value is -1.73. The highest BCUT2D eigenvalue weighted by atomic mass is 19.1. The molecule has 0 saturated heterocycles. The molecule has 0 unspecified atom stereocenters. The maximum absolute atomic E-state index is 13.5. The van der Waals surface area contributed by atoms with Crippen LogP contribution in [0.1, 0.15) is 30.6 Å². The van der Waals surface area contributed by atoms with Gasteiger partial charge in [-0.2, -0.15) is 0 Å². The van der Waals surface area contributed by atoms with Crippen LogP contribution in [0.3, 0.4) is 0 Å². The Morgan fingerprint density at radius 1 is 1.33 bits per heavy atom. The second-order valence-corrected chi connectivity index (χ2v) is 5.55. The smallest absolute Gasteiger partial charge is 0.251 e. The topological polar surface area (TPSA) is 76.4 Å². The van der Waals surface area contributed by atoms with Gasteiger partial charge in [-0.3, -0.25) is 10.6 Å². The quantitative estimate of drug-likeness (QED) is 0.532. The van der Waals surface area contributed by atoms with Crippen LogP contribution >= 0.6 is 0 Å². The zero-order valence-corrected chi connectivity index (χ0v) is 12.4. The maximum atomic E-state index is 13.5. The molecule has 0 aliphatic rings. The molecule has 1 amide bonds. The fourth-order valence-corrected chi connectivity index (χ4v) is 1.73. The molecule has 0 saturated carbocycles. The van der Waals surface area contributed by atoms with Gasteiger partial charge in [-0.15, -0.1) is 0 Å². The average molecular weight is 301 g/mol. The zero-order chi connectivity index (χ0) is 16.0. The molecule has 0 bridgehead atoms. The van der Waals surface area contributed by atoms with Gasteiger partial charge in [0.2, 0.25) is 0 Å². The largest absolute Gasteiger partial charge is 0.385 e. The lowest BCUT2D eigenvalue weighted by molar-refractivity contribution is 0.0920. The molecule has 1 aromatic rings. The SMILES string of the molecule is COCCC(C)(C)CNC(=O)c1cc(F)c(NN)c(F)c1. The van der Waals surface area contributed by atoms with Crippen LogP contribution in [0.4, 0.5) is 14.5 Å². The van der Waals surface area contributed by atoms with Crippen molar-refractivity contribution in [3.63, 3.8) is 0 Å². The first-order valence-corrected chi connectivity index (χ1v) is 6.53. The summed E-state index contributed by atoms with van der Waals surface area (Å²) in [7, 11) is 1.60. The normalized spacial score (nSPS) is 11.3. The van der Waals surface area contributed by atoms with Crippen molar-refractivity contribution >= 4 is 11.6 Å². The van der Waals surface area contributed by atoms with Gasteiger partial charge in [0, 0.05) is 25.8 Å². The van der Waals surface area contributed by atoms with E-state index in [0.717, 1.165) is 18.6 Å². The van der Waals surface area contributed by atoms with Gasteiger partial charge in [0.1, 0.15) is 5.69 Å². The van der Waals surface area contributed by atoms with E-state index in [9.17, 15) is 13.6 Å². The van der Waals surface area contributed by atoms with Gasteiger partial charge >= 0.3 is 0 Å². The summed E-state index contributed by atoms with van der Waals surface area (Å²) < 4.78 is 32.1. The number of nitrogens with two attached hydrogens (primary N) is 1. The highest BCUT2D eigenvalue weighted by Gasteiger charge is 2.20. The summed E-state index contributed by atoms with van der Waals surface area (Å²) in [6.07, 6.45) is 0.753. The number of hydrazine groups is 1. The fraction of sp³-hybridized carbons (Fsp3) is 0.500. The van der Waals surface area contributed by atoms with Crippen molar-refractivity contribution in [2.45, 2.75) is 20.3 Å². The number of benzene rings is 1. The molecule has 4 N–H and O–H groups in total. The molecule has 1 aromatic carbocycles. The van der Waals surface area contributed by atoms with Crippen LogP contribution in [0.2, 0.25) is 0 Å². The van der Waals surface area contributed by atoms with Gasteiger partial charge in [0.05, 0.1) is 0 Å². The molecule has 118 valence electrons. The van der Waals surface area contributed by atoms with Crippen LogP contribution in [0.15, 0.2) is 12.1 Å². The molecule has 0 aliphatic carbocycles. The predicted molar refractivity (Wildman–Crippen MR) is 76.8 cm³/mol. The van der Waals surface area contributed by atoms with Gasteiger partial charge in [0.25, 0.3) is 5.91 Å². The van der Waals surface area contributed by atoms with Crippen molar-refractivity contribution in [1.29, 1.82) is 0 Å². The van der Waals surface area contributed by atoms with Crippen molar-refractivity contribution < 1.29 is 18.3 Å². The predicted octanol–water partition coefficient (Wildman–Crippen LogP) is 2.04. The highest BCUT2D eigenvalue weighted by molar-refractivity contribution is 5.94. The number of carbonyl (C=O) groups excluding carboxylic acids is 1. The van der Waals surface area contributed by atoms with E-state index in [0.29, 0.717) is 13.2 Å². The van der Waals surface area contributed by atoms with E-state index in [4.69, 9.17) is 10.6 Å². The summed E-state index contributed by atoms with van der Waals surface area (Å²) in [6.45, 7) is 4.88. The number of methoxy groups -OCH3 is 1. The first kappa shape index (κ1) is 17.3. The third-order valence-electron chi connectivity index (χ3n) is 3.16. The minimum Gasteiger partial charge on any atom is -0.385 e. The molecular formula is C14H21F2N3O2. The third kappa shape index (κ3) is 4.95. The summed E-state index contributed by atoms with van der Waals surface area (Å²) in [5.41, 5.74) is 1.18. The maximum Gasteiger partial charge on any atom is 0.251 e. The average Bonchev–Trinajstić information content (AvgIpc) is 2.42. The molecule has 0 fully saturated rings. The van der Waals surface area contributed by atoms with Crippen molar-refractivity contribution in [2.75, 3.05) is 25.7 Å². The van der Waals surface area contributed by atoms with Crippen molar-refractivity contribution in [3.05, 3.63) is 29.3 Å². The highest BCUT2D eigenvalue weighted by Crippen LogP contribution is 2.21. The van der Waals surface area contributed by atoms with Crippen LogP contribution in [0, 0.1) is 17.0 Å². The second-order valence-electron chi connectivity index (χ2n) is 5.55. The van der Waals surface area contributed by atoms with Gasteiger partial charge < -0.3 is 15.5 Å². The molecular weight excluding hydrogens is 280 g/mol. The minimum atomic E-state index is -0.915. The lowest BCUT2D eigenvalue weighted by Crippen LogP contribution is -2.34. The van der Waals surface area contributed by atoms with Crippen LogP contribution < -0.4 is 16.6 Å². The number of amides is 1. The monoisotopic (exact) mass is 301 g/mol. The number of carbonyl (C=O) groups is 1. The van der Waals surface area contributed by atoms with E-state index in [1.807, 2.05) is 19.3 Å². The Balaban J connectivity index is 2.72. The third-order valence-corrected chi connectivity index (χ3v) is 3.16. The number of anilines is 1. The first-order valence-electron chi connectivity index (χ1n) is 6.53. The number of halogens is 2. The molecule has 7 heteroatoms. The Labute approximate surface area is 122 Å². The molecule has 0 aliphatic heterocycles. The van der Waals surface area contributed by atoms with Crippen LogP contribution in [-0.2, 0) is 4.74 Å². The molecule has 0 atom stereocenters. The van der Waals surface area contributed by atoms with Gasteiger partial charge in [-0.1, -0.05) is 13.8 Å². The Morgan fingerprint density at radius 2 is 1.90 bits per heavy atom. The minimum absolute atomic E-state index is 0.0912. The zero-order valence-electron chi connectivity index (χ0n) is 12.4. The van der Waals surface area contributed by atoms with E-state index < -0.39 is 23.2 Å². The van der Waals surface area contributed by atoms with Gasteiger partial charge in [-0.25, -0.2) is 8.78 Å². The van der Waals surface area contributed by atoms with E-state index >= 15 is 0 Å². The number of nitrogen functional groups attached to an aromatic ring is 1. The summed E-state index contributed by atoms with van der Waals surface area (Å²) in [4.78, 5) is 11.9. The lowest BCUT2D eigenvalue weighted by Gasteiger charge is -2.24. The first-order chi connectivity index (χ1) is 9.80. The van der Waals surface area contributed by atoms with Crippen molar-refractivity contribution in [2.24, 2.45) is 11.3 Å². The van der Waals surface area contributed by atoms with Crippen LogP contribution in [0.25, 0.3) is 0 Å². The number of hydrogen-bond donors (Lipinski definition) is 3. The van der Waals surface area contributed by atoms with Crippen LogP contribution in [0.5, 0.6) is 0 Å². The Kier molecular flexibility index (Phi) is 6.04.